The first-order valence-electron chi connectivity index (χ1n) is 10.9. The molecule has 152 valence electrons. The van der Waals surface area contributed by atoms with Crippen LogP contribution in [0.4, 0.5) is 5.69 Å². The number of piperazine rings is 1. The molecule has 3 nitrogen and oxygen atoms in total. The predicted octanol–water partition coefficient (Wildman–Crippen LogP) is 4.69. The highest BCUT2D eigenvalue weighted by atomic mass is 15.3. The molecule has 1 saturated carbocycles. The molecule has 0 aromatic heterocycles. The summed E-state index contributed by atoms with van der Waals surface area (Å²) in [5, 5.41) is 0. The summed E-state index contributed by atoms with van der Waals surface area (Å²) >= 11 is 0. The van der Waals surface area contributed by atoms with Crippen molar-refractivity contribution in [1.82, 2.24) is 9.80 Å². The van der Waals surface area contributed by atoms with Crippen LogP contribution in [0.2, 0.25) is 0 Å². The van der Waals surface area contributed by atoms with Gasteiger partial charge in [0.15, 0.2) is 0 Å². The normalized spacial score (nSPS) is 23.7. The molecule has 2 aliphatic rings. The number of likely N-dealkylation sites (N-methyl/N-ethyl adjacent to an activating group) is 1. The largest absolute Gasteiger partial charge is 0.369 e. The third kappa shape index (κ3) is 5.48. The molecular weight excluding hydrogens is 330 g/mol. The summed E-state index contributed by atoms with van der Waals surface area (Å²) in [5.74, 6) is 0.687. The minimum absolute atomic E-state index is 0.435. The molecule has 0 atom stereocenters. The molecule has 2 fully saturated rings. The lowest BCUT2D eigenvalue weighted by atomic mass is 9.60. The van der Waals surface area contributed by atoms with Gasteiger partial charge in [-0.2, -0.15) is 0 Å². The number of benzene rings is 1. The van der Waals surface area contributed by atoms with E-state index in [4.69, 9.17) is 0 Å². The maximum absolute atomic E-state index is 2.65. The van der Waals surface area contributed by atoms with E-state index in [0.717, 1.165) is 19.6 Å². The summed E-state index contributed by atoms with van der Waals surface area (Å²) in [6.45, 7) is 16.9. The number of anilines is 1. The summed E-state index contributed by atoms with van der Waals surface area (Å²) in [6.07, 6.45) is 3.97. The Morgan fingerprint density at radius 2 is 1.52 bits per heavy atom. The van der Waals surface area contributed by atoms with Crippen molar-refractivity contribution in [3.63, 3.8) is 0 Å². The van der Waals surface area contributed by atoms with Gasteiger partial charge in [-0.25, -0.2) is 0 Å². The number of nitrogens with zero attached hydrogens (tertiary/aromatic N) is 3. The van der Waals surface area contributed by atoms with Crippen LogP contribution in [0.5, 0.6) is 0 Å². The van der Waals surface area contributed by atoms with E-state index < -0.39 is 0 Å². The first-order valence-corrected chi connectivity index (χ1v) is 10.9. The molecule has 0 spiro atoms. The Morgan fingerprint density at radius 1 is 0.926 bits per heavy atom. The van der Waals surface area contributed by atoms with Gasteiger partial charge in [0.25, 0.3) is 0 Å². The van der Waals surface area contributed by atoms with Crippen molar-refractivity contribution in [2.45, 2.75) is 52.9 Å². The molecule has 1 aliphatic carbocycles. The van der Waals surface area contributed by atoms with Gasteiger partial charge in [-0.1, -0.05) is 45.9 Å². The maximum Gasteiger partial charge on any atom is 0.0402 e. The maximum atomic E-state index is 2.65. The predicted molar refractivity (Wildman–Crippen MR) is 118 cm³/mol. The summed E-state index contributed by atoms with van der Waals surface area (Å²) in [7, 11) is 4.33. The summed E-state index contributed by atoms with van der Waals surface area (Å²) in [6, 6.07) is 9.27. The second-order valence-electron chi connectivity index (χ2n) is 10.8. The Hall–Kier alpha value is -1.06. The molecule has 0 bridgehead atoms. The van der Waals surface area contributed by atoms with E-state index in [2.05, 4.69) is 80.8 Å². The molecule has 0 unspecified atom stereocenters. The van der Waals surface area contributed by atoms with Crippen LogP contribution in [-0.2, 0) is 0 Å². The average Bonchev–Trinajstić information content (AvgIpc) is 2.58. The average molecular weight is 372 g/mol. The van der Waals surface area contributed by atoms with Crippen molar-refractivity contribution in [3.8, 4) is 0 Å². The summed E-state index contributed by atoms with van der Waals surface area (Å²) in [4.78, 5) is 7.55. The van der Waals surface area contributed by atoms with Crippen molar-refractivity contribution in [2.24, 2.45) is 10.8 Å². The summed E-state index contributed by atoms with van der Waals surface area (Å²) in [5.41, 5.74) is 3.97. The lowest BCUT2D eigenvalue weighted by Crippen LogP contribution is -2.48. The first-order chi connectivity index (χ1) is 12.7. The standard InChI is InChI=1S/C24H41N3/c1-23(2)17-20(18-24(3,4)19-23)21-9-7-8-10-22(21)27-15-13-26(14-16-27)12-11-25(5)6/h7-10,20H,11-19H2,1-6H3. The quantitative estimate of drug-likeness (QED) is 0.743. The minimum Gasteiger partial charge on any atom is -0.369 e. The van der Waals surface area contributed by atoms with Crippen molar-refractivity contribution >= 4 is 5.69 Å². The van der Waals surface area contributed by atoms with E-state index in [1.807, 2.05) is 0 Å². The molecule has 1 heterocycles. The Bertz CT molecular complexity index is 596. The smallest absolute Gasteiger partial charge is 0.0402 e. The van der Waals surface area contributed by atoms with Gasteiger partial charge in [0.05, 0.1) is 0 Å². The van der Waals surface area contributed by atoms with Gasteiger partial charge in [-0.05, 0) is 61.7 Å². The van der Waals surface area contributed by atoms with E-state index >= 15 is 0 Å². The fourth-order valence-corrected chi connectivity index (χ4v) is 5.74. The molecule has 0 N–H and O–H groups in total. The Kier molecular flexibility index (Phi) is 6.22. The van der Waals surface area contributed by atoms with Crippen LogP contribution in [0.25, 0.3) is 0 Å². The molecule has 1 aromatic carbocycles. The number of hydrogen-bond acceptors (Lipinski definition) is 3. The Balaban J connectivity index is 1.72. The lowest BCUT2D eigenvalue weighted by molar-refractivity contribution is 0.0970. The molecular formula is C24H41N3. The zero-order valence-corrected chi connectivity index (χ0v) is 18.6. The van der Waals surface area contributed by atoms with Crippen molar-refractivity contribution in [2.75, 3.05) is 58.3 Å². The number of rotatable bonds is 5. The SMILES string of the molecule is CN(C)CCN1CCN(c2ccccc2C2CC(C)(C)CC(C)(C)C2)CC1. The van der Waals surface area contributed by atoms with Crippen molar-refractivity contribution in [1.29, 1.82) is 0 Å². The molecule has 3 rings (SSSR count). The molecule has 27 heavy (non-hydrogen) atoms. The van der Waals surface area contributed by atoms with Crippen LogP contribution in [0.1, 0.15) is 58.4 Å². The topological polar surface area (TPSA) is 9.72 Å². The van der Waals surface area contributed by atoms with E-state index in [1.165, 1.54) is 44.6 Å². The molecule has 0 radical (unpaired) electrons. The van der Waals surface area contributed by atoms with Gasteiger partial charge in [-0.3, -0.25) is 4.90 Å². The van der Waals surface area contributed by atoms with E-state index in [0.29, 0.717) is 16.7 Å². The van der Waals surface area contributed by atoms with Gasteiger partial charge in [-0.15, -0.1) is 0 Å². The van der Waals surface area contributed by atoms with E-state index in [-0.39, 0.29) is 0 Å². The fourth-order valence-electron chi connectivity index (χ4n) is 5.74. The first kappa shape index (κ1) is 20.7. The van der Waals surface area contributed by atoms with Gasteiger partial charge in [0, 0.05) is 45.0 Å². The van der Waals surface area contributed by atoms with Crippen LogP contribution < -0.4 is 4.90 Å². The van der Waals surface area contributed by atoms with Crippen LogP contribution >= 0.6 is 0 Å². The Labute approximate surface area is 167 Å². The molecule has 1 aliphatic heterocycles. The monoisotopic (exact) mass is 371 g/mol. The van der Waals surface area contributed by atoms with Crippen LogP contribution in [0, 0.1) is 10.8 Å². The van der Waals surface area contributed by atoms with Crippen LogP contribution in [0.15, 0.2) is 24.3 Å². The summed E-state index contributed by atoms with van der Waals surface area (Å²) < 4.78 is 0. The number of hydrogen-bond donors (Lipinski definition) is 0. The Morgan fingerprint density at radius 3 is 2.11 bits per heavy atom. The van der Waals surface area contributed by atoms with E-state index in [9.17, 15) is 0 Å². The molecule has 1 saturated heterocycles. The highest BCUT2D eigenvalue weighted by molar-refractivity contribution is 5.56. The van der Waals surface area contributed by atoms with Crippen molar-refractivity contribution < 1.29 is 0 Å². The third-order valence-electron chi connectivity index (χ3n) is 6.51. The molecule has 1 aromatic rings. The second-order valence-corrected chi connectivity index (χ2v) is 10.8. The molecule has 0 amide bonds. The zero-order valence-electron chi connectivity index (χ0n) is 18.6. The van der Waals surface area contributed by atoms with Gasteiger partial charge >= 0.3 is 0 Å². The van der Waals surface area contributed by atoms with Crippen LogP contribution in [-0.4, -0.2) is 63.2 Å². The van der Waals surface area contributed by atoms with E-state index in [1.54, 1.807) is 5.56 Å². The fraction of sp³-hybridized carbons (Fsp3) is 0.750. The second kappa shape index (κ2) is 8.13. The minimum atomic E-state index is 0.435. The van der Waals surface area contributed by atoms with Crippen LogP contribution in [0.3, 0.4) is 0 Å². The highest BCUT2D eigenvalue weighted by Gasteiger charge is 2.39. The third-order valence-corrected chi connectivity index (χ3v) is 6.51. The molecule has 3 heteroatoms. The zero-order chi connectivity index (χ0) is 19.7. The van der Waals surface area contributed by atoms with Gasteiger partial charge < -0.3 is 9.80 Å². The van der Waals surface area contributed by atoms with Crippen molar-refractivity contribution in [3.05, 3.63) is 29.8 Å². The van der Waals surface area contributed by atoms with Gasteiger partial charge in [0.1, 0.15) is 0 Å². The van der Waals surface area contributed by atoms with Gasteiger partial charge in [0.2, 0.25) is 0 Å². The lowest BCUT2D eigenvalue weighted by Gasteiger charge is -2.46. The highest BCUT2D eigenvalue weighted by Crippen LogP contribution is 2.53. The number of para-hydroxylation sites is 1.